The second-order valence-electron chi connectivity index (χ2n) is 8.84. The van der Waals surface area contributed by atoms with Gasteiger partial charge >= 0.3 is 12.0 Å². The lowest BCUT2D eigenvalue weighted by molar-refractivity contribution is 0.0693. The fraction of sp³-hybridized carbons (Fsp3) is 0.0714. The first kappa shape index (κ1) is 30.3. The van der Waals surface area contributed by atoms with Gasteiger partial charge in [0, 0.05) is 11.8 Å². The van der Waals surface area contributed by atoms with Gasteiger partial charge in [0.2, 0.25) is 0 Å². The summed E-state index contributed by atoms with van der Waals surface area (Å²) in [5, 5.41) is 40.4. The lowest BCUT2D eigenvalue weighted by atomic mass is 10.1. The van der Waals surface area contributed by atoms with Gasteiger partial charge in [-0.1, -0.05) is 0 Å². The third-order valence-corrected chi connectivity index (χ3v) is 6.66. The number of ether oxygens (including phenoxy) is 1. The fourth-order valence-electron chi connectivity index (χ4n) is 3.62. The van der Waals surface area contributed by atoms with Gasteiger partial charge in [0.1, 0.15) is 17.1 Å². The van der Waals surface area contributed by atoms with Crippen LogP contribution >= 0.6 is 0 Å². The summed E-state index contributed by atoms with van der Waals surface area (Å²) in [7, 11) is -2.89. The van der Waals surface area contributed by atoms with Crippen molar-refractivity contribution in [1.82, 2.24) is 0 Å². The summed E-state index contributed by atoms with van der Waals surface area (Å²) in [6.45, 7) is 1.76. The number of aromatic carboxylic acids is 1. The Morgan fingerprint density at radius 1 is 0.791 bits per heavy atom. The molecule has 5 N–H and O–H groups in total. The molecular weight excluding hydrogens is 580 g/mol. The molecule has 0 aliphatic rings. The number of nitrogens with one attached hydrogen (secondary N) is 2. The van der Waals surface area contributed by atoms with Crippen LogP contribution in [0.25, 0.3) is 0 Å². The number of rotatable bonds is 9. The maximum absolute atomic E-state index is 12.7. The Kier molecular flexibility index (Phi) is 9.08. The molecule has 0 saturated heterocycles. The molecule has 220 valence electrons. The summed E-state index contributed by atoms with van der Waals surface area (Å²) < 4.78 is 36.9. The maximum Gasteiger partial charge on any atom is 0.339 e. The van der Waals surface area contributed by atoms with Gasteiger partial charge in [0.15, 0.2) is 0 Å². The highest BCUT2D eigenvalue weighted by Crippen LogP contribution is 2.34. The van der Waals surface area contributed by atoms with Crippen molar-refractivity contribution in [2.24, 2.45) is 20.5 Å². The minimum absolute atomic E-state index is 0.239. The number of aryl methyl sites for hydroxylation is 1. The minimum Gasteiger partial charge on any atom is -0.507 e. The Hall–Kier alpha value is -5.67. The number of amides is 2. The van der Waals surface area contributed by atoms with Crippen LogP contribution < -0.4 is 15.4 Å². The van der Waals surface area contributed by atoms with E-state index in [1.807, 2.05) is 0 Å². The number of hydrogen-bond donors (Lipinski definition) is 5. The van der Waals surface area contributed by atoms with Crippen molar-refractivity contribution in [2.75, 3.05) is 17.7 Å². The van der Waals surface area contributed by atoms with Gasteiger partial charge in [-0.3, -0.25) is 4.55 Å². The summed E-state index contributed by atoms with van der Waals surface area (Å²) in [6.07, 6.45) is 0. The van der Waals surface area contributed by atoms with Crippen molar-refractivity contribution in [3.05, 3.63) is 90.0 Å². The minimum atomic E-state index is -4.31. The zero-order valence-electron chi connectivity index (χ0n) is 22.6. The average Bonchev–Trinajstić information content (AvgIpc) is 2.96. The first-order valence-corrected chi connectivity index (χ1v) is 13.7. The summed E-state index contributed by atoms with van der Waals surface area (Å²) in [4.78, 5) is 23.6. The molecule has 0 atom stereocenters. The van der Waals surface area contributed by atoms with Gasteiger partial charge < -0.3 is 25.6 Å². The zero-order chi connectivity index (χ0) is 31.1. The molecule has 0 saturated carbocycles. The average molecular weight is 605 g/mol. The van der Waals surface area contributed by atoms with Gasteiger partial charge in [-0.05, 0) is 85.3 Å². The molecule has 15 heteroatoms. The molecular formula is C28H24N6O8S. The first-order valence-electron chi connectivity index (χ1n) is 12.3. The Bertz CT molecular complexity index is 1840. The van der Waals surface area contributed by atoms with E-state index in [-0.39, 0.29) is 21.9 Å². The highest BCUT2D eigenvalue weighted by Gasteiger charge is 2.13. The summed E-state index contributed by atoms with van der Waals surface area (Å²) in [6, 6.07) is 18.1. The van der Waals surface area contributed by atoms with Crippen molar-refractivity contribution in [2.45, 2.75) is 11.8 Å². The van der Waals surface area contributed by atoms with Gasteiger partial charge in [0.25, 0.3) is 10.1 Å². The van der Waals surface area contributed by atoms with Crippen LogP contribution in [-0.2, 0) is 10.1 Å². The molecule has 0 aliphatic carbocycles. The van der Waals surface area contributed by atoms with Crippen LogP contribution in [0, 0.1) is 6.92 Å². The molecule has 0 spiro atoms. The first-order chi connectivity index (χ1) is 20.4. The number of urea groups is 1. The zero-order valence-corrected chi connectivity index (χ0v) is 23.4. The van der Waals surface area contributed by atoms with E-state index in [9.17, 15) is 23.1 Å². The molecule has 4 aromatic carbocycles. The molecule has 4 rings (SSSR count). The topological polar surface area (TPSA) is 212 Å². The van der Waals surface area contributed by atoms with E-state index in [1.54, 1.807) is 43.3 Å². The van der Waals surface area contributed by atoms with E-state index in [4.69, 9.17) is 14.4 Å². The van der Waals surface area contributed by atoms with Crippen LogP contribution in [-0.4, -0.2) is 42.3 Å². The van der Waals surface area contributed by atoms with Crippen LogP contribution in [0.5, 0.6) is 11.5 Å². The number of carboxylic acids is 1. The van der Waals surface area contributed by atoms with Gasteiger partial charge in [-0.25, -0.2) is 9.59 Å². The van der Waals surface area contributed by atoms with E-state index in [1.165, 1.54) is 49.6 Å². The van der Waals surface area contributed by atoms with Crippen LogP contribution in [0.2, 0.25) is 0 Å². The molecule has 0 radical (unpaired) electrons. The largest absolute Gasteiger partial charge is 0.507 e. The number of nitrogens with zero attached hydrogens (tertiary/aromatic N) is 4. The molecule has 14 nitrogen and oxygen atoms in total. The number of carbonyl (C=O) groups is 2. The Labute approximate surface area is 245 Å². The number of benzene rings is 4. The fourth-order valence-corrected chi connectivity index (χ4v) is 4.10. The molecule has 2 amide bonds. The van der Waals surface area contributed by atoms with E-state index in [0.717, 1.165) is 0 Å². The number of phenols is 1. The quantitative estimate of drug-likeness (QED) is 0.0976. The van der Waals surface area contributed by atoms with Crippen LogP contribution in [0.4, 0.5) is 38.9 Å². The molecule has 0 aromatic heterocycles. The lowest BCUT2D eigenvalue weighted by Crippen LogP contribution is -2.19. The number of azo groups is 2. The van der Waals surface area contributed by atoms with Crippen LogP contribution in [0.3, 0.4) is 0 Å². The number of methoxy groups -OCH3 is 1. The van der Waals surface area contributed by atoms with Crippen molar-refractivity contribution in [3.8, 4) is 11.5 Å². The molecule has 43 heavy (non-hydrogen) atoms. The van der Waals surface area contributed by atoms with E-state index < -0.39 is 22.1 Å². The number of carbonyl (C=O) groups excluding carboxylic acids is 1. The van der Waals surface area contributed by atoms with Crippen LogP contribution in [0.15, 0.2) is 104 Å². The third-order valence-electron chi connectivity index (χ3n) is 5.79. The third kappa shape index (κ3) is 7.96. The van der Waals surface area contributed by atoms with Crippen molar-refractivity contribution >= 4 is 56.2 Å². The van der Waals surface area contributed by atoms with E-state index in [2.05, 4.69) is 31.1 Å². The lowest BCUT2D eigenvalue weighted by Gasteiger charge is -2.13. The number of anilines is 2. The molecule has 4 aromatic rings. The Morgan fingerprint density at radius 3 is 1.98 bits per heavy atom. The SMILES string of the molecule is COc1cc(N=Nc2ccc(S(=O)(=O)O)cc2)c(C)cc1NC(=O)Nc1ccc(N=Nc2ccc(O)c(C(=O)O)c2)cc1. The highest BCUT2D eigenvalue weighted by molar-refractivity contribution is 7.85. The van der Waals surface area contributed by atoms with Crippen molar-refractivity contribution in [1.29, 1.82) is 0 Å². The predicted molar refractivity (Wildman–Crippen MR) is 156 cm³/mol. The normalized spacial score (nSPS) is 11.5. The monoisotopic (exact) mass is 604 g/mol. The number of carboxylic acid groups (broad SMARTS) is 1. The summed E-state index contributed by atoms with van der Waals surface area (Å²) >= 11 is 0. The van der Waals surface area contributed by atoms with Crippen LogP contribution in [0.1, 0.15) is 15.9 Å². The van der Waals surface area contributed by atoms with Gasteiger partial charge in [-0.2, -0.15) is 28.9 Å². The summed E-state index contributed by atoms with van der Waals surface area (Å²) in [5.41, 5.74) is 2.66. The second kappa shape index (κ2) is 12.9. The van der Waals surface area contributed by atoms with Crippen molar-refractivity contribution < 1.29 is 37.5 Å². The van der Waals surface area contributed by atoms with Gasteiger partial charge in [0.05, 0.1) is 40.4 Å². The Morgan fingerprint density at radius 2 is 1.37 bits per heavy atom. The highest BCUT2D eigenvalue weighted by atomic mass is 32.2. The molecule has 0 heterocycles. The Balaban J connectivity index is 1.40. The maximum atomic E-state index is 12.7. The van der Waals surface area contributed by atoms with Gasteiger partial charge in [-0.15, -0.1) is 0 Å². The molecule has 0 unspecified atom stereocenters. The standard InChI is InChI=1S/C28H24N6O8S/c1-16-13-24(26(42-2)15-23(16)34-32-19-7-10-21(11-8-19)43(39,40)41)30-28(38)29-17-3-5-18(6-4-17)31-33-20-9-12-25(35)22(14-20)27(36)37/h3-15,35H,1-2H3,(H,36,37)(H2,29,30,38)(H,39,40,41). The van der Waals surface area contributed by atoms with Crippen molar-refractivity contribution in [3.63, 3.8) is 0 Å². The predicted octanol–water partition coefficient (Wildman–Crippen LogP) is 7.13. The number of hydrogen-bond acceptors (Lipinski definition) is 10. The van der Waals surface area contributed by atoms with E-state index in [0.29, 0.717) is 39.7 Å². The molecule has 0 bridgehead atoms. The second-order valence-corrected chi connectivity index (χ2v) is 10.3. The number of aromatic hydroxyl groups is 1. The van der Waals surface area contributed by atoms with E-state index >= 15 is 0 Å². The summed E-state index contributed by atoms with van der Waals surface area (Å²) in [5.74, 6) is -1.35. The molecule has 0 fully saturated rings. The smallest absolute Gasteiger partial charge is 0.339 e. The molecule has 0 aliphatic heterocycles.